The highest BCUT2D eigenvalue weighted by molar-refractivity contribution is 5.85. The predicted octanol–water partition coefficient (Wildman–Crippen LogP) is 2.88. The van der Waals surface area contributed by atoms with Crippen LogP contribution in [0.1, 0.15) is 41.9 Å². The maximum atomic E-state index is 13.5. The van der Waals surface area contributed by atoms with Gasteiger partial charge in [0.1, 0.15) is 17.2 Å². The number of carbonyl (C=O) groups is 1. The topological polar surface area (TPSA) is 50.2 Å². The van der Waals surface area contributed by atoms with E-state index in [1.807, 2.05) is 6.08 Å². The normalized spacial score (nSPS) is 15.7. The molecule has 0 fully saturated rings. The number of aromatic carboxylic acids is 1. The molecule has 1 heterocycles. The summed E-state index contributed by atoms with van der Waals surface area (Å²) in [6, 6.07) is 2.35. The first-order valence-corrected chi connectivity index (χ1v) is 5.28. The lowest BCUT2D eigenvalue weighted by molar-refractivity contribution is 0.0690. The van der Waals surface area contributed by atoms with Crippen molar-refractivity contribution < 1.29 is 14.3 Å². The average molecular weight is 221 g/mol. The zero-order valence-corrected chi connectivity index (χ0v) is 8.74. The molecule has 0 saturated carbocycles. The van der Waals surface area contributed by atoms with Crippen molar-refractivity contribution in [2.24, 2.45) is 0 Å². The van der Waals surface area contributed by atoms with E-state index in [0.29, 0.717) is 0 Å². The SMILES string of the molecule is O=C(O)c1ccc(F)c(C2=CCCCC2)n1. The number of allylic oxidation sites excluding steroid dienone is 2. The quantitative estimate of drug-likeness (QED) is 0.835. The first-order valence-electron chi connectivity index (χ1n) is 5.28. The van der Waals surface area contributed by atoms with Crippen LogP contribution in [0, 0.1) is 5.82 Å². The number of aromatic nitrogens is 1. The molecule has 1 aromatic heterocycles. The maximum absolute atomic E-state index is 13.5. The third-order valence-corrected chi connectivity index (χ3v) is 2.66. The molecule has 4 heteroatoms. The van der Waals surface area contributed by atoms with Crippen molar-refractivity contribution in [1.29, 1.82) is 0 Å². The molecule has 0 amide bonds. The summed E-state index contributed by atoms with van der Waals surface area (Å²) >= 11 is 0. The van der Waals surface area contributed by atoms with Crippen LogP contribution in [-0.4, -0.2) is 16.1 Å². The molecule has 0 aliphatic heterocycles. The lowest BCUT2D eigenvalue weighted by atomic mass is 9.96. The van der Waals surface area contributed by atoms with E-state index in [-0.39, 0.29) is 11.4 Å². The minimum Gasteiger partial charge on any atom is -0.477 e. The fourth-order valence-electron chi connectivity index (χ4n) is 1.84. The van der Waals surface area contributed by atoms with E-state index in [1.165, 1.54) is 12.1 Å². The molecule has 2 rings (SSSR count). The number of carboxylic acids is 1. The summed E-state index contributed by atoms with van der Waals surface area (Å²) in [6.45, 7) is 0. The molecule has 0 aromatic carbocycles. The van der Waals surface area contributed by atoms with Crippen LogP contribution in [0.3, 0.4) is 0 Å². The Hall–Kier alpha value is -1.71. The molecule has 1 aliphatic carbocycles. The number of hydrogen-bond donors (Lipinski definition) is 1. The van der Waals surface area contributed by atoms with Crippen LogP contribution in [0.25, 0.3) is 5.57 Å². The minimum atomic E-state index is -1.13. The Labute approximate surface area is 92.6 Å². The predicted molar refractivity (Wildman–Crippen MR) is 57.6 cm³/mol. The molecule has 0 spiro atoms. The van der Waals surface area contributed by atoms with E-state index in [4.69, 9.17) is 5.11 Å². The lowest BCUT2D eigenvalue weighted by Crippen LogP contribution is -2.05. The molecule has 0 atom stereocenters. The molecule has 0 unspecified atom stereocenters. The molecule has 0 radical (unpaired) electrons. The average Bonchev–Trinajstić information content (AvgIpc) is 2.30. The van der Waals surface area contributed by atoms with Gasteiger partial charge in [-0.05, 0) is 43.4 Å². The van der Waals surface area contributed by atoms with Gasteiger partial charge in [-0.25, -0.2) is 14.2 Å². The van der Waals surface area contributed by atoms with E-state index in [0.717, 1.165) is 31.3 Å². The van der Waals surface area contributed by atoms with Gasteiger partial charge in [0.25, 0.3) is 0 Å². The summed E-state index contributed by atoms with van der Waals surface area (Å²) in [5, 5.41) is 8.79. The van der Waals surface area contributed by atoms with Gasteiger partial charge in [-0.1, -0.05) is 6.08 Å². The first-order chi connectivity index (χ1) is 7.68. The molecule has 1 N–H and O–H groups in total. The minimum absolute atomic E-state index is 0.108. The van der Waals surface area contributed by atoms with Crippen LogP contribution >= 0.6 is 0 Å². The first kappa shape index (κ1) is 10.8. The second-order valence-electron chi connectivity index (χ2n) is 3.81. The highest BCUT2D eigenvalue weighted by atomic mass is 19.1. The molecule has 3 nitrogen and oxygen atoms in total. The fourth-order valence-corrected chi connectivity index (χ4v) is 1.84. The van der Waals surface area contributed by atoms with E-state index < -0.39 is 11.8 Å². The Morgan fingerprint density at radius 3 is 2.81 bits per heavy atom. The van der Waals surface area contributed by atoms with Gasteiger partial charge in [0.15, 0.2) is 0 Å². The summed E-state index contributed by atoms with van der Waals surface area (Å²) in [7, 11) is 0. The van der Waals surface area contributed by atoms with Crippen LogP contribution < -0.4 is 0 Å². The van der Waals surface area contributed by atoms with Crippen molar-refractivity contribution in [3.05, 3.63) is 35.4 Å². The smallest absolute Gasteiger partial charge is 0.354 e. The standard InChI is InChI=1S/C12H12FNO2/c13-9-6-7-10(12(15)16)14-11(9)8-4-2-1-3-5-8/h4,6-7H,1-3,5H2,(H,15,16). The maximum Gasteiger partial charge on any atom is 0.354 e. The van der Waals surface area contributed by atoms with E-state index in [1.54, 1.807) is 0 Å². The summed E-state index contributed by atoms with van der Waals surface area (Å²) in [5.41, 5.74) is 0.911. The van der Waals surface area contributed by atoms with Gasteiger partial charge in [0.2, 0.25) is 0 Å². The number of nitrogens with zero attached hydrogens (tertiary/aromatic N) is 1. The third-order valence-electron chi connectivity index (χ3n) is 2.66. The van der Waals surface area contributed by atoms with Crippen LogP contribution in [0.4, 0.5) is 4.39 Å². The van der Waals surface area contributed by atoms with Crippen molar-refractivity contribution in [1.82, 2.24) is 4.98 Å². The van der Waals surface area contributed by atoms with Gasteiger partial charge >= 0.3 is 5.97 Å². The number of halogens is 1. The van der Waals surface area contributed by atoms with Crippen LogP contribution in [0.5, 0.6) is 0 Å². The molecule has 0 bridgehead atoms. The Balaban J connectivity index is 2.42. The summed E-state index contributed by atoms with van der Waals surface area (Å²) in [6.07, 6.45) is 5.73. The molecule has 0 saturated heterocycles. The Kier molecular flexibility index (Phi) is 2.99. The van der Waals surface area contributed by atoms with Gasteiger partial charge in [-0.2, -0.15) is 0 Å². The van der Waals surface area contributed by atoms with Crippen molar-refractivity contribution in [3.63, 3.8) is 0 Å². The van der Waals surface area contributed by atoms with Crippen LogP contribution in [0.15, 0.2) is 18.2 Å². The van der Waals surface area contributed by atoms with Gasteiger partial charge in [0, 0.05) is 0 Å². The number of pyridine rings is 1. The van der Waals surface area contributed by atoms with E-state index in [2.05, 4.69) is 4.98 Å². The highest BCUT2D eigenvalue weighted by Gasteiger charge is 2.15. The summed E-state index contributed by atoms with van der Waals surface area (Å²) < 4.78 is 13.5. The fraction of sp³-hybridized carbons (Fsp3) is 0.333. The molecular weight excluding hydrogens is 209 g/mol. The summed E-state index contributed by atoms with van der Waals surface area (Å²) in [5.74, 6) is -1.57. The Bertz CT molecular complexity index is 454. The second-order valence-corrected chi connectivity index (χ2v) is 3.81. The van der Waals surface area contributed by atoms with Gasteiger partial charge < -0.3 is 5.11 Å². The third kappa shape index (κ3) is 2.10. The number of carboxylic acid groups (broad SMARTS) is 1. The number of hydrogen-bond acceptors (Lipinski definition) is 2. The molecule has 1 aliphatic rings. The van der Waals surface area contributed by atoms with Crippen LogP contribution in [0.2, 0.25) is 0 Å². The van der Waals surface area contributed by atoms with Crippen molar-refractivity contribution >= 4 is 11.5 Å². The lowest BCUT2D eigenvalue weighted by Gasteiger charge is -2.12. The van der Waals surface area contributed by atoms with E-state index >= 15 is 0 Å². The molecule has 84 valence electrons. The van der Waals surface area contributed by atoms with Gasteiger partial charge in [-0.15, -0.1) is 0 Å². The molecule has 1 aromatic rings. The highest BCUT2D eigenvalue weighted by Crippen LogP contribution is 2.27. The largest absolute Gasteiger partial charge is 0.477 e. The van der Waals surface area contributed by atoms with Crippen molar-refractivity contribution in [2.75, 3.05) is 0 Å². The van der Waals surface area contributed by atoms with E-state index in [9.17, 15) is 9.18 Å². The Morgan fingerprint density at radius 1 is 1.38 bits per heavy atom. The Morgan fingerprint density at radius 2 is 2.19 bits per heavy atom. The molecular formula is C12H12FNO2. The summed E-state index contributed by atoms with van der Waals surface area (Å²) in [4.78, 5) is 14.6. The van der Waals surface area contributed by atoms with Crippen molar-refractivity contribution in [3.8, 4) is 0 Å². The zero-order valence-electron chi connectivity index (χ0n) is 8.74. The van der Waals surface area contributed by atoms with Gasteiger partial charge in [0.05, 0.1) is 0 Å². The molecule has 16 heavy (non-hydrogen) atoms. The van der Waals surface area contributed by atoms with Gasteiger partial charge in [-0.3, -0.25) is 0 Å². The number of rotatable bonds is 2. The second kappa shape index (κ2) is 4.43. The van der Waals surface area contributed by atoms with Crippen LogP contribution in [-0.2, 0) is 0 Å². The zero-order chi connectivity index (χ0) is 11.5. The van der Waals surface area contributed by atoms with Crippen molar-refractivity contribution in [2.45, 2.75) is 25.7 Å². The monoisotopic (exact) mass is 221 g/mol.